The van der Waals surface area contributed by atoms with Crippen molar-refractivity contribution in [2.45, 2.75) is 56.5 Å². The van der Waals surface area contributed by atoms with Crippen LogP contribution in [0.1, 0.15) is 68.2 Å². The van der Waals surface area contributed by atoms with Gasteiger partial charge in [0.05, 0.1) is 28.1 Å². The van der Waals surface area contributed by atoms with Gasteiger partial charge in [0.25, 0.3) is 0 Å². The van der Waals surface area contributed by atoms with E-state index < -0.39 is 22.7 Å². The Balaban J connectivity index is 1.35. The Morgan fingerprint density at radius 1 is 0.944 bits per heavy atom. The molecular formula is C27H24F2N6O. The molecule has 0 aliphatic heterocycles. The van der Waals surface area contributed by atoms with E-state index in [-0.39, 0.29) is 22.6 Å². The number of halogens is 2. The third-order valence-corrected chi connectivity index (χ3v) is 8.67. The fraction of sp³-hybridized carbons (Fsp3) is 0.370. The summed E-state index contributed by atoms with van der Waals surface area (Å²) in [5, 5.41) is 26.4. The molecule has 0 spiro atoms. The first-order valence-corrected chi connectivity index (χ1v) is 12.2. The molecule has 0 radical (unpaired) electrons. The van der Waals surface area contributed by atoms with Crippen molar-refractivity contribution in [2.75, 3.05) is 0 Å². The minimum atomic E-state index is -0.905. The van der Waals surface area contributed by atoms with E-state index in [0.29, 0.717) is 30.2 Å². The van der Waals surface area contributed by atoms with Crippen molar-refractivity contribution in [1.29, 1.82) is 0 Å². The van der Waals surface area contributed by atoms with Crippen molar-refractivity contribution in [3.8, 4) is 22.8 Å². The number of fused-ring (bicyclic) bond motifs is 5. The van der Waals surface area contributed by atoms with Crippen LogP contribution >= 0.6 is 0 Å². The van der Waals surface area contributed by atoms with Crippen LogP contribution in [0.25, 0.3) is 22.8 Å². The molecule has 3 aliphatic rings. The summed E-state index contributed by atoms with van der Waals surface area (Å²) in [6.45, 7) is 4.41. The monoisotopic (exact) mass is 486 g/mol. The zero-order chi connectivity index (χ0) is 24.9. The van der Waals surface area contributed by atoms with Crippen molar-refractivity contribution in [3.05, 3.63) is 76.9 Å². The van der Waals surface area contributed by atoms with Gasteiger partial charge in [0, 0.05) is 0 Å². The van der Waals surface area contributed by atoms with E-state index in [0.717, 1.165) is 29.8 Å². The fourth-order valence-electron chi connectivity index (χ4n) is 6.49. The highest BCUT2D eigenvalue weighted by Crippen LogP contribution is 2.69. The predicted molar refractivity (Wildman–Crippen MR) is 127 cm³/mol. The Hall–Kier alpha value is -3.59. The van der Waals surface area contributed by atoms with Crippen molar-refractivity contribution in [1.82, 2.24) is 30.4 Å². The average Bonchev–Trinajstić information content (AvgIpc) is 3.24. The number of pyridine rings is 1. The molecule has 4 aromatic rings. The Labute approximate surface area is 206 Å². The topological polar surface area (TPSA) is 100 Å². The highest BCUT2D eigenvalue weighted by molar-refractivity contribution is 5.64. The number of hydrogen-bond donors (Lipinski definition) is 2. The maximum absolute atomic E-state index is 14.5. The average molecular weight is 487 g/mol. The standard InChI is InChI=1S/C27H24F2N6O/c1-25(2)15-9-10-27(25,22-14(15)13-19(32-33-22)21-16(28)5-3-6-17(21)29)20-8-4-7-18(30-20)23-31-24(35-34-23)26(36)11-12-26/h3-8,13,15,36H,9-12H2,1-2H3,(H,31,34,35)/t15-,27+/m0/s1. The normalized spacial score (nSPS) is 24.6. The van der Waals surface area contributed by atoms with Gasteiger partial charge in [-0.2, -0.15) is 10.2 Å². The second-order valence-electron chi connectivity index (χ2n) is 10.8. The minimum Gasteiger partial charge on any atom is -0.382 e. The van der Waals surface area contributed by atoms with Gasteiger partial charge >= 0.3 is 0 Å². The summed E-state index contributed by atoms with van der Waals surface area (Å²) in [6, 6.07) is 11.4. The molecule has 1 aromatic carbocycles. The molecular weight excluding hydrogens is 462 g/mol. The van der Waals surface area contributed by atoms with Crippen LogP contribution in [0.3, 0.4) is 0 Å². The zero-order valence-corrected chi connectivity index (χ0v) is 19.9. The lowest BCUT2D eigenvalue weighted by Gasteiger charge is -2.37. The summed E-state index contributed by atoms with van der Waals surface area (Å²) in [4.78, 5) is 9.50. The number of aromatic nitrogens is 6. The molecule has 2 bridgehead atoms. The van der Waals surface area contributed by atoms with Crippen molar-refractivity contribution in [2.24, 2.45) is 5.41 Å². The van der Waals surface area contributed by atoms with Gasteiger partial charge in [-0.25, -0.2) is 18.7 Å². The Kier molecular flexibility index (Phi) is 4.22. The molecule has 182 valence electrons. The summed E-state index contributed by atoms with van der Waals surface area (Å²) in [5.74, 6) is -0.254. The smallest absolute Gasteiger partial charge is 0.199 e. The van der Waals surface area contributed by atoms with Crippen molar-refractivity contribution in [3.63, 3.8) is 0 Å². The van der Waals surface area contributed by atoms with Gasteiger partial charge in [-0.1, -0.05) is 26.0 Å². The van der Waals surface area contributed by atoms with Gasteiger partial charge in [-0.05, 0) is 72.9 Å². The predicted octanol–water partition coefficient (Wildman–Crippen LogP) is 4.79. The first kappa shape index (κ1) is 21.7. The number of aromatic amines is 1. The summed E-state index contributed by atoms with van der Waals surface area (Å²) in [6.07, 6.45) is 3.09. The summed E-state index contributed by atoms with van der Waals surface area (Å²) >= 11 is 0. The van der Waals surface area contributed by atoms with Crippen LogP contribution in [-0.2, 0) is 11.0 Å². The van der Waals surface area contributed by atoms with E-state index in [9.17, 15) is 13.9 Å². The van der Waals surface area contributed by atoms with Crippen molar-refractivity contribution >= 4 is 0 Å². The molecule has 7 rings (SSSR count). The van der Waals surface area contributed by atoms with Crippen LogP contribution in [0.15, 0.2) is 42.5 Å². The number of nitrogens with zero attached hydrogens (tertiary/aromatic N) is 5. The lowest BCUT2D eigenvalue weighted by Crippen LogP contribution is -2.37. The molecule has 0 saturated heterocycles. The fourth-order valence-corrected chi connectivity index (χ4v) is 6.49. The molecule has 3 aliphatic carbocycles. The van der Waals surface area contributed by atoms with Crippen LogP contribution in [0.4, 0.5) is 8.78 Å². The van der Waals surface area contributed by atoms with Crippen LogP contribution in [-0.4, -0.2) is 35.5 Å². The zero-order valence-electron chi connectivity index (χ0n) is 19.9. The second-order valence-corrected chi connectivity index (χ2v) is 10.8. The molecule has 9 heteroatoms. The Bertz CT molecular complexity index is 1520. The number of nitrogens with one attached hydrogen (secondary N) is 1. The highest BCUT2D eigenvalue weighted by atomic mass is 19.1. The SMILES string of the molecule is CC1(C)[C@H]2CC[C@@]1(c1cccc(-c3n[nH]c(C4(O)CC4)n3)n1)c1nnc(-c3c(F)cccc3F)cc12. The summed E-state index contributed by atoms with van der Waals surface area (Å²) < 4.78 is 29.0. The quantitative estimate of drug-likeness (QED) is 0.430. The van der Waals surface area contributed by atoms with E-state index in [2.05, 4.69) is 39.2 Å². The third-order valence-electron chi connectivity index (χ3n) is 8.67. The molecule has 36 heavy (non-hydrogen) atoms. The first-order valence-electron chi connectivity index (χ1n) is 12.2. The van der Waals surface area contributed by atoms with Gasteiger partial charge in [0.2, 0.25) is 0 Å². The highest BCUT2D eigenvalue weighted by Gasteiger charge is 2.65. The van der Waals surface area contributed by atoms with Gasteiger partial charge < -0.3 is 5.11 Å². The maximum Gasteiger partial charge on any atom is 0.199 e. The van der Waals surface area contributed by atoms with Crippen LogP contribution in [0, 0.1) is 17.0 Å². The molecule has 2 N–H and O–H groups in total. The van der Waals surface area contributed by atoms with Crippen LogP contribution < -0.4 is 0 Å². The lowest BCUT2D eigenvalue weighted by molar-refractivity contribution is 0.141. The van der Waals surface area contributed by atoms with E-state index in [1.54, 1.807) is 6.07 Å². The largest absolute Gasteiger partial charge is 0.382 e. The number of hydrogen-bond acceptors (Lipinski definition) is 6. The molecule has 2 fully saturated rings. The van der Waals surface area contributed by atoms with E-state index in [4.69, 9.17) is 4.98 Å². The Morgan fingerprint density at radius 3 is 2.44 bits per heavy atom. The molecule has 7 nitrogen and oxygen atoms in total. The Morgan fingerprint density at radius 2 is 1.69 bits per heavy atom. The van der Waals surface area contributed by atoms with Crippen LogP contribution in [0.2, 0.25) is 0 Å². The second kappa shape index (κ2) is 7.00. The van der Waals surface area contributed by atoms with Crippen molar-refractivity contribution < 1.29 is 13.9 Å². The molecule has 3 heterocycles. The number of benzene rings is 1. The first-order chi connectivity index (χ1) is 17.2. The number of rotatable bonds is 4. The van der Waals surface area contributed by atoms with E-state index in [1.807, 2.05) is 18.2 Å². The third kappa shape index (κ3) is 2.72. The van der Waals surface area contributed by atoms with Gasteiger partial charge in [0.1, 0.15) is 22.9 Å². The van der Waals surface area contributed by atoms with Crippen LogP contribution in [0.5, 0.6) is 0 Å². The summed E-state index contributed by atoms with van der Waals surface area (Å²) in [7, 11) is 0. The molecule has 0 amide bonds. The lowest BCUT2D eigenvalue weighted by atomic mass is 9.66. The van der Waals surface area contributed by atoms with Gasteiger partial charge in [-0.15, -0.1) is 5.10 Å². The molecule has 0 unspecified atom stereocenters. The maximum atomic E-state index is 14.5. The molecule has 3 aromatic heterocycles. The molecule has 2 atom stereocenters. The number of aliphatic hydroxyl groups is 1. The van der Waals surface area contributed by atoms with E-state index >= 15 is 0 Å². The number of H-pyrrole nitrogens is 1. The van der Waals surface area contributed by atoms with E-state index in [1.165, 1.54) is 18.2 Å². The van der Waals surface area contributed by atoms with Gasteiger partial charge in [-0.3, -0.25) is 5.10 Å². The van der Waals surface area contributed by atoms with Gasteiger partial charge in [0.15, 0.2) is 11.6 Å². The minimum absolute atomic E-state index is 0.153. The molecule has 2 saturated carbocycles. The summed E-state index contributed by atoms with van der Waals surface area (Å²) in [5.41, 5.74) is 1.65.